The van der Waals surface area contributed by atoms with Crippen LogP contribution < -0.4 is 19.5 Å². The van der Waals surface area contributed by atoms with E-state index in [-0.39, 0.29) is 5.91 Å². The lowest BCUT2D eigenvalue weighted by molar-refractivity contribution is -0.111. The van der Waals surface area contributed by atoms with Crippen molar-refractivity contribution in [3.05, 3.63) is 60.8 Å². The van der Waals surface area contributed by atoms with Gasteiger partial charge in [0.2, 0.25) is 11.8 Å². The average Bonchev–Trinajstić information content (AvgIpc) is 2.65. The van der Waals surface area contributed by atoms with E-state index in [0.29, 0.717) is 29.7 Å². The fourth-order valence-corrected chi connectivity index (χ4v) is 1.99. The molecular formula is C19H20N2O4. The SMILES string of the molecule is C=CCOc1ccc(/C=C/C(=O)Nc2ccc(OC)nc2)cc1OC. The molecule has 0 saturated carbocycles. The van der Waals surface area contributed by atoms with Gasteiger partial charge in [0.25, 0.3) is 0 Å². The Labute approximate surface area is 146 Å². The number of carbonyl (C=O) groups excluding carboxylic acids is 1. The molecule has 0 aliphatic carbocycles. The maximum absolute atomic E-state index is 12.0. The van der Waals surface area contributed by atoms with Crippen molar-refractivity contribution in [2.75, 3.05) is 26.1 Å². The molecule has 0 unspecified atom stereocenters. The molecule has 1 N–H and O–H groups in total. The van der Waals surface area contributed by atoms with Gasteiger partial charge in [-0.3, -0.25) is 4.79 Å². The lowest BCUT2D eigenvalue weighted by Gasteiger charge is -2.09. The Morgan fingerprint density at radius 3 is 2.68 bits per heavy atom. The van der Waals surface area contributed by atoms with Crippen LogP contribution in [0.25, 0.3) is 6.08 Å². The molecule has 1 aromatic heterocycles. The average molecular weight is 340 g/mol. The lowest BCUT2D eigenvalue weighted by Crippen LogP contribution is -2.07. The monoisotopic (exact) mass is 340 g/mol. The van der Waals surface area contributed by atoms with Crippen LogP contribution in [0.1, 0.15) is 5.56 Å². The summed E-state index contributed by atoms with van der Waals surface area (Å²) in [4.78, 5) is 16.0. The maximum Gasteiger partial charge on any atom is 0.248 e. The summed E-state index contributed by atoms with van der Waals surface area (Å²) < 4.78 is 15.8. The van der Waals surface area contributed by atoms with Gasteiger partial charge in [-0.2, -0.15) is 0 Å². The number of carbonyl (C=O) groups is 1. The zero-order chi connectivity index (χ0) is 18.1. The van der Waals surface area contributed by atoms with Crippen LogP contribution in [0.5, 0.6) is 17.4 Å². The van der Waals surface area contributed by atoms with Crippen LogP contribution in [-0.2, 0) is 4.79 Å². The summed E-state index contributed by atoms with van der Waals surface area (Å²) in [6, 6.07) is 8.79. The maximum atomic E-state index is 12.0. The van der Waals surface area contributed by atoms with Crippen LogP contribution >= 0.6 is 0 Å². The standard InChI is InChI=1S/C19H20N2O4/c1-4-11-25-16-8-5-14(12-17(16)23-2)6-9-18(22)21-15-7-10-19(24-3)20-13-15/h4-10,12-13H,1,11H2,2-3H3,(H,21,22)/b9-6+. The highest BCUT2D eigenvalue weighted by Crippen LogP contribution is 2.28. The lowest BCUT2D eigenvalue weighted by atomic mass is 10.2. The summed E-state index contributed by atoms with van der Waals surface area (Å²) in [5, 5.41) is 2.72. The number of benzene rings is 1. The third-order valence-corrected chi connectivity index (χ3v) is 3.18. The highest BCUT2D eigenvalue weighted by Gasteiger charge is 2.05. The van der Waals surface area contributed by atoms with Crippen LogP contribution in [0.15, 0.2) is 55.3 Å². The summed E-state index contributed by atoms with van der Waals surface area (Å²) in [6.07, 6.45) is 6.31. The van der Waals surface area contributed by atoms with Crippen molar-refractivity contribution < 1.29 is 19.0 Å². The second-order valence-corrected chi connectivity index (χ2v) is 4.92. The summed E-state index contributed by atoms with van der Waals surface area (Å²) in [7, 11) is 3.10. The van der Waals surface area contributed by atoms with Crippen LogP contribution in [0.4, 0.5) is 5.69 Å². The summed E-state index contributed by atoms with van der Waals surface area (Å²) in [5.74, 6) is 1.43. The van der Waals surface area contributed by atoms with Crippen molar-refractivity contribution in [3.8, 4) is 17.4 Å². The smallest absolute Gasteiger partial charge is 0.248 e. The number of hydrogen-bond donors (Lipinski definition) is 1. The first-order chi connectivity index (χ1) is 12.2. The Morgan fingerprint density at radius 2 is 2.04 bits per heavy atom. The molecule has 6 nitrogen and oxygen atoms in total. The van der Waals surface area contributed by atoms with Crippen LogP contribution in [0.3, 0.4) is 0 Å². The van der Waals surface area contributed by atoms with E-state index in [9.17, 15) is 4.79 Å². The number of anilines is 1. The Balaban J connectivity index is 2.01. The highest BCUT2D eigenvalue weighted by molar-refractivity contribution is 6.01. The van der Waals surface area contributed by atoms with Gasteiger partial charge in [-0.05, 0) is 29.8 Å². The van der Waals surface area contributed by atoms with E-state index in [1.54, 1.807) is 43.5 Å². The Kier molecular flexibility index (Phi) is 6.59. The molecule has 130 valence electrons. The molecule has 0 saturated heterocycles. The number of ether oxygens (including phenoxy) is 3. The van der Waals surface area contributed by atoms with E-state index in [1.807, 2.05) is 6.07 Å². The van der Waals surface area contributed by atoms with Crippen LogP contribution in [-0.4, -0.2) is 31.7 Å². The number of rotatable bonds is 8. The number of nitrogens with zero attached hydrogens (tertiary/aromatic N) is 1. The molecular weight excluding hydrogens is 320 g/mol. The minimum atomic E-state index is -0.266. The van der Waals surface area contributed by atoms with E-state index in [4.69, 9.17) is 14.2 Å². The van der Waals surface area contributed by atoms with E-state index >= 15 is 0 Å². The molecule has 2 rings (SSSR count). The molecule has 0 bridgehead atoms. The van der Waals surface area contributed by atoms with Crippen molar-refractivity contribution in [1.82, 2.24) is 4.98 Å². The minimum Gasteiger partial charge on any atom is -0.493 e. The van der Waals surface area contributed by atoms with Gasteiger partial charge in [0.05, 0.1) is 26.1 Å². The molecule has 0 atom stereocenters. The summed E-state index contributed by atoms with van der Waals surface area (Å²) in [6.45, 7) is 4.00. The number of methoxy groups -OCH3 is 2. The van der Waals surface area contributed by atoms with Crippen molar-refractivity contribution in [2.24, 2.45) is 0 Å². The molecule has 1 aromatic carbocycles. The van der Waals surface area contributed by atoms with Gasteiger partial charge < -0.3 is 19.5 Å². The number of aromatic nitrogens is 1. The highest BCUT2D eigenvalue weighted by atomic mass is 16.5. The quantitative estimate of drug-likeness (QED) is 0.590. The van der Waals surface area contributed by atoms with Crippen molar-refractivity contribution in [1.29, 1.82) is 0 Å². The fourth-order valence-electron chi connectivity index (χ4n) is 1.99. The third-order valence-electron chi connectivity index (χ3n) is 3.18. The van der Waals surface area contributed by atoms with E-state index < -0.39 is 0 Å². The van der Waals surface area contributed by atoms with E-state index in [0.717, 1.165) is 5.56 Å². The van der Waals surface area contributed by atoms with Crippen molar-refractivity contribution in [3.63, 3.8) is 0 Å². The second-order valence-electron chi connectivity index (χ2n) is 4.92. The van der Waals surface area contributed by atoms with E-state index in [2.05, 4.69) is 16.9 Å². The molecule has 2 aromatic rings. The Bertz CT molecular complexity index is 755. The predicted octanol–water partition coefficient (Wildman–Crippen LogP) is 3.32. The van der Waals surface area contributed by atoms with Gasteiger partial charge in [-0.1, -0.05) is 18.7 Å². The zero-order valence-corrected chi connectivity index (χ0v) is 14.2. The largest absolute Gasteiger partial charge is 0.493 e. The van der Waals surface area contributed by atoms with Crippen molar-refractivity contribution >= 4 is 17.7 Å². The van der Waals surface area contributed by atoms with Crippen LogP contribution in [0.2, 0.25) is 0 Å². The zero-order valence-electron chi connectivity index (χ0n) is 14.2. The topological polar surface area (TPSA) is 69.7 Å². The van der Waals surface area contributed by atoms with Gasteiger partial charge in [0, 0.05) is 12.1 Å². The predicted molar refractivity (Wildman–Crippen MR) is 97.1 cm³/mol. The fraction of sp³-hybridized carbons (Fsp3) is 0.158. The molecule has 25 heavy (non-hydrogen) atoms. The molecule has 0 aliphatic rings. The minimum absolute atomic E-state index is 0.266. The summed E-state index contributed by atoms with van der Waals surface area (Å²) >= 11 is 0. The molecule has 0 spiro atoms. The Morgan fingerprint density at radius 1 is 1.20 bits per heavy atom. The van der Waals surface area contributed by atoms with Gasteiger partial charge >= 0.3 is 0 Å². The number of pyridine rings is 1. The first kappa shape index (κ1) is 18.1. The number of hydrogen-bond acceptors (Lipinski definition) is 5. The van der Waals surface area contributed by atoms with E-state index in [1.165, 1.54) is 19.4 Å². The van der Waals surface area contributed by atoms with Gasteiger partial charge in [0.1, 0.15) is 6.61 Å². The molecule has 0 aliphatic heterocycles. The third kappa shape index (κ3) is 5.39. The van der Waals surface area contributed by atoms with Gasteiger partial charge in [-0.25, -0.2) is 4.98 Å². The van der Waals surface area contributed by atoms with Gasteiger partial charge in [-0.15, -0.1) is 0 Å². The van der Waals surface area contributed by atoms with Crippen LogP contribution in [0, 0.1) is 0 Å². The summed E-state index contributed by atoms with van der Waals surface area (Å²) in [5.41, 5.74) is 1.40. The molecule has 1 amide bonds. The van der Waals surface area contributed by atoms with Crippen molar-refractivity contribution in [2.45, 2.75) is 0 Å². The number of nitrogens with one attached hydrogen (secondary N) is 1. The molecule has 0 fully saturated rings. The second kappa shape index (κ2) is 9.12. The first-order valence-electron chi connectivity index (χ1n) is 7.57. The van der Waals surface area contributed by atoms with Gasteiger partial charge in [0.15, 0.2) is 11.5 Å². The molecule has 0 radical (unpaired) electrons. The first-order valence-corrected chi connectivity index (χ1v) is 7.57. The molecule has 1 heterocycles. The Hall–Kier alpha value is -3.28. The normalized spacial score (nSPS) is 10.3. The molecule has 6 heteroatoms. The number of amides is 1.